The van der Waals surface area contributed by atoms with Gasteiger partial charge in [-0.2, -0.15) is 0 Å². The minimum atomic E-state index is 0.0560. The van der Waals surface area contributed by atoms with Crippen molar-refractivity contribution < 1.29 is 9.47 Å². The van der Waals surface area contributed by atoms with E-state index in [2.05, 4.69) is 6.92 Å². The molecule has 0 aromatic carbocycles. The normalized spacial score (nSPS) is 9.91. The number of amidine groups is 1. The van der Waals surface area contributed by atoms with Crippen molar-refractivity contribution >= 4 is 5.84 Å². The molecule has 0 aliphatic carbocycles. The Kier molecular flexibility index (Phi) is 7.08. The lowest BCUT2D eigenvalue weighted by molar-refractivity contribution is 0.0618. The Labute approximate surface area is 67.2 Å². The van der Waals surface area contributed by atoms with Crippen LogP contribution in [0.5, 0.6) is 0 Å². The Morgan fingerprint density at radius 3 is 2.45 bits per heavy atom. The molecule has 0 unspecified atom stereocenters. The molecule has 0 amide bonds. The van der Waals surface area contributed by atoms with Gasteiger partial charge in [0.05, 0.1) is 13.2 Å². The van der Waals surface area contributed by atoms with Crippen molar-refractivity contribution in [3.8, 4) is 0 Å². The summed E-state index contributed by atoms with van der Waals surface area (Å²) in [7, 11) is 0. The van der Waals surface area contributed by atoms with Crippen LogP contribution in [0.3, 0.4) is 0 Å². The molecular weight excluding hydrogens is 144 g/mol. The number of nitrogens with two attached hydrogens (primary N) is 1. The van der Waals surface area contributed by atoms with Crippen LogP contribution in [0.25, 0.3) is 0 Å². The number of hydrogen-bond acceptors (Lipinski definition) is 3. The second-order valence-electron chi connectivity index (χ2n) is 2.19. The zero-order valence-corrected chi connectivity index (χ0v) is 6.93. The minimum absolute atomic E-state index is 0.0560. The summed E-state index contributed by atoms with van der Waals surface area (Å²) in [5.74, 6) is 0.0560. The molecule has 0 bridgehead atoms. The minimum Gasteiger partial charge on any atom is -0.386 e. The quantitative estimate of drug-likeness (QED) is 0.321. The topological polar surface area (TPSA) is 68.3 Å². The van der Waals surface area contributed by atoms with Gasteiger partial charge in [0.15, 0.2) is 0 Å². The van der Waals surface area contributed by atoms with Crippen LogP contribution in [0, 0.1) is 5.41 Å². The molecule has 0 saturated carbocycles. The van der Waals surface area contributed by atoms with Gasteiger partial charge in [0.1, 0.15) is 12.4 Å². The molecule has 0 rings (SSSR count). The van der Waals surface area contributed by atoms with E-state index in [-0.39, 0.29) is 12.4 Å². The van der Waals surface area contributed by atoms with Gasteiger partial charge in [0.2, 0.25) is 0 Å². The van der Waals surface area contributed by atoms with Crippen molar-refractivity contribution in [2.24, 2.45) is 5.73 Å². The van der Waals surface area contributed by atoms with Gasteiger partial charge in [-0.05, 0) is 6.42 Å². The van der Waals surface area contributed by atoms with E-state index in [0.29, 0.717) is 13.2 Å². The van der Waals surface area contributed by atoms with Gasteiger partial charge < -0.3 is 15.2 Å². The Hall–Kier alpha value is -0.610. The zero-order chi connectivity index (χ0) is 8.53. The SMILES string of the molecule is CCCOCCOCC(=N)N. The number of nitrogens with one attached hydrogen (secondary N) is 1. The van der Waals surface area contributed by atoms with E-state index in [4.69, 9.17) is 20.6 Å². The second-order valence-corrected chi connectivity index (χ2v) is 2.19. The molecule has 0 aliphatic heterocycles. The summed E-state index contributed by atoms with van der Waals surface area (Å²) < 4.78 is 10.1. The summed E-state index contributed by atoms with van der Waals surface area (Å²) in [6.45, 7) is 4.12. The Balaban J connectivity index is 2.85. The van der Waals surface area contributed by atoms with Crippen LogP contribution in [0.2, 0.25) is 0 Å². The highest BCUT2D eigenvalue weighted by Crippen LogP contribution is 1.81. The molecule has 0 aromatic rings. The van der Waals surface area contributed by atoms with Crippen LogP contribution in [0.1, 0.15) is 13.3 Å². The Morgan fingerprint density at radius 2 is 1.91 bits per heavy atom. The van der Waals surface area contributed by atoms with Crippen molar-refractivity contribution in [1.29, 1.82) is 5.41 Å². The molecule has 0 radical (unpaired) electrons. The standard InChI is InChI=1S/C7H16N2O2/c1-2-3-10-4-5-11-6-7(8)9/h2-6H2,1H3,(H3,8,9). The highest BCUT2D eigenvalue weighted by molar-refractivity contribution is 5.78. The first-order chi connectivity index (χ1) is 5.27. The van der Waals surface area contributed by atoms with Crippen molar-refractivity contribution in [3.63, 3.8) is 0 Å². The van der Waals surface area contributed by atoms with Gasteiger partial charge in [-0.3, -0.25) is 5.41 Å². The highest BCUT2D eigenvalue weighted by atomic mass is 16.5. The summed E-state index contributed by atoms with van der Waals surface area (Å²) in [4.78, 5) is 0. The first-order valence-corrected chi connectivity index (χ1v) is 3.75. The third kappa shape index (κ3) is 9.39. The zero-order valence-electron chi connectivity index (χ0n) is 6.93. The third-order valence-corrected chi connectivity index (χ3v) is 0.978. The summed E-state index contributed by atoms with van der Waals surface area (Å²) in [6, 6.07) is 0. The molecule has 0 atom stereocenters. The molecule has 66 valence electrons. The molecule has 3 N–H and O–H groups in total. The van der Waals surface area contributed by atoms with Gasteiger partial charge in [0.25, 0.3) is 0 Å². The molecular formula is C7H16N2O2. The largest absolute Gasteiger partial charge is 0.386 e. The van der Waals surface area contributed by atoms with E-state index in [1.807, 2.05) is 0 Å². The average Bonchev–Trinajstić information content (AvgIpc) is 1.96. The fourth-order valence-corrected chi connectivity index (χ4v) is 0.546. The molecule has 4 heteroatoms. The third-order valence-electron chi connectivity index (χ3n) is 0.978. The Bertz CT molecular complexity index is 107. The van der Waals surface area contributed by atoms with Gasteiger partial charge in [-0.25, -0.2) is 0 Å². The van der Waals surface area contributed by atoms with E-state index in [1.165, 1.54) is 0 Å². The highest BCUT2D eigenvalue weighted by Gasteiger charge is 1.89. The van der Waals surface area contributed by atoms with E-state index < -0.39 is 0 Å². The van der Waals surface area contributed by atoms with Crippen LogP contribution >= 0.6 is 0 Å². The van der Waals surface area contributed by atoms with Gasteiger partial charge in [0, 0.05) is 6.61 Å². The predicted molar refractivity (Wildman–Crippen MR) is 43.8 cm³/mol. The van der Waals surface area contributed by atoms with Gasteiger partial charge in [-0.1, -0.05) is 6.92 Å². The monoisotopic (exact) mass is 160 g/mol. The summed E-state index contributed by atoms with van der Waals surface area (Å²) in [5.41, 5.74) is 5.05. The fourth-order valence-electron chi connectivity index (χ4n) is 0.546. The predicted octanol–water partition coefficient (Wildman–Crippen LogP) is 0.366. The van der Waals surface area contributed by atoms with E-state index >= 15 is 0 Å². The molecule has 0 saturated heterocycles. The van der Waals surface area contributed by atoms with Gasteiger partial charge in [-0.15, -0.1) is 0 Å². The molecule has 4 nitrogen and oxygen atoms in total. The average molecular weight is 160 g/mol. The molecule has 11 heavy (non-hydrogen) atoms. The first kappa shape index (κ1) is 10.4. The maximum absolute atomic E-state index is 6.82. The van der Waals surface area contributed by atoms with Gasteiger partial charge >= 0.3 is 0 Å². The maximum atomic E-state index is 6.82. The number of hydrogen-bond donors (Lipinski definition) is 2. The number of ether oxygens (including phenoxy) is 2. The van der Waals surface area contributed by atoms with Crippen molar-refractivity contribution in [1.82, 2.24) is 0 Å². The maximum Gasteiger partial charge on any atom is 0.117 e. The molecule has 0 aliphatic rings. The first-order valence-electron chi connectivity index (χ1n) is 3.75. The van der Waals surface area contributed by atoms with Crippen molar-refractivity contribution in [2.75, 3.05) is 26.4 Å². The van der Waals surface area contributed by atoms with Crippen molar-refractivity contribution in [2.45, 2.75) is 13.3 Å². The van der Waals surface area contributed by atoms with Crippen molar-refractivity contribution in [3.05, 3.63) is 0 Å². The smallest absolute Gasteiger partial charge is 0.117 e. The van der Waals surface area contributed by atoms with Crippen LogP contribution in [-0.2, 0) is 9.47 Å². The van der Waals surface area contributed by atoms with Crippen LogP contribution in [0.4, 0.5) is 0 Å². The second kappa shape index (κ2) is 7.50. The summed E-state index contributed by atoms with van der Waals surface area (Å²) >= 11 is 0. The molecule has 0 spiro atoms. The van der Waals surface area contributed by atoms with Crippen LogP contribution in [0.15, 0.2) is 0 Å². The van der Waals surface area contributed by atoms with E-state index in [0.717, 1.165) is 13.0 Å². The summed E-state index contributed by atoms with van der Waals surface area (Å²) in [6.07, 6.45) is 1.02. The summed E-state index contributed by atoms with van der Waals surface area (Å²) in [5, 5.41) is 6.82. The van der Waals surface area contributed by atoms with Crippen LogP contribution < -0.4 is 5.73 Å². The van der Waals surface area contributed by atoms with E-state index in [9.17, 15) is 0 Å². The number of rotatable bonds is 7. The lowest BCUT2D eigenvalue weighted by atomic mass is 10.5. The van der Waals surface area contributed by atoms with Crippen LogP contribution in [-0.4, -0.2) is 32.3 Å². The molecule has 0 aromatic heterocycles. The lowest BCUT2D eigenvalue weighted by Gasteiger charge is -2.02. The molecule has 0 fully saturated rings. The molecule has 0 heterocycles. The lowest BCUT2D eigenvalue weighted by Crippen LogP contribution is -2.18. The fraction of sp³-hybridized carbons (Fsp3) is 0.857. The Morgan fingerprint density at radius 1 is 1.27 bits per heavy atom. The van der Waals surface area contributed by atoms with E-state index in [1.54, 1.807) is 0 Å².